The molecule has 2 atom stereocenters. The minimum absolute atomic E-state index is 0.00531. The predicted molar refractivity (Wildman–Crippen MR) is 36.0 cm³/mol. The summed E-state index contributed by atoms with van der Waals surface area (Å²) < 4.78 is 25.7. The molecule has 0 aliphatic carbocycles. The third kappa shape index (κ3) is 1.25. The second kappa shape index (κ2) is 2.62. The molecule has 0 N–H and O–H groups in total. The molecule has 0 saturated carbocycles. The molecule has 1 aliphatic heterocycles. The van der Waals surface area contributed by atoms with Crippen molar-refractivity contribution in [2.45, 2.75) is 18.9 Å². The van der Waals surface area contributed by atoms with Crippen LogP contribution in [0, 0.1) is 0 Å². The maximum Gasteiger partial charge on any atom is 0.361 e. The summed E-state index contributed by atoms with van der Waals surface area (Å²) in [5.74, 6) is -0.345. The highest BCUT2D eigenvalue weighted by molar-refractivity contribution is 7.54. The quantitative estimate of drug-likeness (QED) is 0.467. The number of rotatable bonds is 3. The summed E-state index contributed by atoms with van der Waals surface area (Å²) in [6.45, 7) is 1.83. The molecule has 5 heteroatoms. The predicted octanol–water partition coefficient (Wildman–Crippen LogP) is 1.22. The van der Waals surface area contributed by atoms with Gasteiger partial charge < -0.3 is 13.8 Å². The fourth-order valence-electron chi connectivity index (χ4n) is 0.789. The van der Waals surface area contributed by atoms with Crippen molar-refractivity contribution in [1.29, 1.82) is 0 Å². The van der Waals surface area contributed by atoms with E-state index in [-0.39, 0.29) is 11.9 Å². The molecule has 10 heavy (non-hydrogen) atoms. The Labute approximate surface area is 60.0 Å². The third-order valence-corrected chi connectivity index (χ3v) is 3.68. The lowest BCUT2D eigenvalue weighted by molar-refractivity contribution is 0.258. The van der Waals surface area contributed by atoms with E-state index in [0.29, 0.717) is 0 Å². The van der Waals surface area contributed by atoms with Gasteiger partial charge in [-0.25, -0.2) is 0 Å². The molecule has 1 rings (SSSR count). The van der Waals surface area contributed by atoms with E-state index >= 15 is 0 Å². The van der Waals surface area contributed by atoms with Crippen LogP contribution in [0.1, 0.15) is 6.92 Å². The SMILES string of the molecule is COP(=O)(OC)C1OC1C. The zero-order valence-electron chi connectivity index (χ0n) is 6.23. The highest BCUT2D eigenvalue weighted by Crippen LogP contribution is 2.60. The maximum atomic E-state index is 11.4. The van der Waals surface area contributed by atoms with Crippen LogP contribution in [-0.2, 0) is 18.3 Å². The topological polar surface area (TPSA) is 48.1 Å². The third-order valence-electron chi connectivity index (χ3n) is 1.50. The summed E-state index contributed by atoms with van der Waals surface area (Å²) in [6.07, 6.45) is 0.00531. The number of ether oxygens (including phenoxy) is 1. The van der Waals surface area contributed by atoms with Gasteiger partial charge in [-0.05, 0) is 6.92 Å². The zero-order chi connectivity index (χ0) is 7.78. The van der Waals surface area contributed by atoms with Crippen LogP contribution in [-0.4, -0.2) is 26.2 Å². The molecule has 0 bridgehead atoms. The van der Waals surface area contributed by atoms with Crippen molar-refractivity contribution in [1.82, 2.24) is 0 Å². The fourth-order valence-corrected chi connectivity index (χ4v) is 2.21. The van der Waals surface area contributed by atoms with E-state index in [2.05, 4.69) is 9.05 Å². The molecule has 1 fully saturated rings. The van der Waals surface area contributed by atoms with Crippen molar-refractivity contribution in [2.24, 2.45) is 0 Å². The molecular weight excluding hydrogens is 155 g/mol. The van der Waals surface area contributed by atoms with Crippen molar-refractivity contribution in [3.05, 3.63) is 0 Å². The van der Waals surface area contributed by atoms with Crippen LogP contribution in [0.5, 0.6) is 0 Å². The van der Waals surface area contributed by atoms with Gasteiger partial charge in [0.2, 0.25) is 0 Å². The first-order valence-corrected chi connectivity index (χ1v) is 4.62. The van der Waals surface area contributed by atoms with Gasteiger partial charge in [-0.3, -0.25) is 4.57 Å². The molecule has 2 unspecified atom stereocenters. The maximum absolute atomic E-state index is 11.4. The van der Waals surface area contributed by atoms with Crippen LogP contribution in [0.4, 0.5) is 0 Å². The highest BCUT2D eigenvalue weighted by Gasteiger charge is 2.51. The summed E-state index contributed by atoms with van der Waals surface area (Å²) >= 11 is 0. The molecule has 0 aromatic heterocycles. The normalized spacial score (nSPS) is 32.3. The molecule has 0 amide bonds. The number of epoxide rings is 1. The molecule has 1 aliphatic rings. The zero-order valence-corrected chi connectivity index (χ0v) is 7.13. The van der Waals surface area contributed by atoms with Gasteiger partial charge in [-0.15, -0.1) is 0 Å². The molecular formula is C5H11O4P. The van der Waals surface area contributed by atoms with Gasteiger partial charge in [0.1, 0.15) is 0 Å². The number of hydrogen-bond acceptors (Lipinski definition) is 4. The van der Waals surface area contributed by atoms with Gasteiger partial charge in [-0.2, -0.15) is 0 Å². The minimum Gasteiger partial charge on any atom is -0.356 e. The Balaban J connectivity index is 2.57. The average Bonchev–Trinajstić information content (AvgIpc) is 2.66. The summed E-state index contributed by atoms with van der Waals surface area (Å²) in [7, 11) is -0.201. The lowest BCUT2D eigenvalue weighted by atomic mass is 10.6. The highest BCUT2D eigenvalue weighted by atomic mass is 31.2. The standard InChI is InChI=1S/C5H11O4P/c1-4-5(9-4)10(6,7-2)8-3/h4-5H,1-3H3. The van der Waals surface area contributed by atoms with E-state index in [1.807, 2.05) is 6.92 Å². The first-order valence-electron chi connectivity index (χ1n) is 3.00. The first-order chi connectivity index (χ1) is 4.64. The molecule has 4 nitrogen and oxygen atoms in total. The first kappa shape index (κ1) is 8.21. The molecule has 1 heterocycles. The van der Waals surface area contributed by atoms with Crippen molar-refractivity contribution >= 4 is 7.60 Å². The Kier molecular flexibility index (Phi) is 2.15. The summed E-state index contributed by atoms with van der Waals surface area (Å²) in [4.78, 5) is 0. The van der Waals surface area contributed by atoms with Crippen LogP contribution >= 0.6 is 7.60 Å². The van der Waals surface area contributed by atoms with Crippen molar-refractivity contribution < 1.29 is 18.3 Å². The van der Waals surface area contributed by atoms with Crippen LogP contribution in [0.25, 0.3) is 0 Å². The van der Waals surface area contributed by atoms with Gasteiger partial charge in [-0.1, -0.05) is 0 Å². The van der Waals surface area contributed by atoms with Crippen molar-refractivity contribution in [2.75, 3.05) is 14.2 Å². The summed E-state index contributed by atoms with van der Waals surface area (Å²) in [5.41, 5.74) is 0. The minimum atomic E-state index is -2.92. The molecule has 0 aromatic carbocycles. The van der Waals surface area contributed by atoms with E-state index in [1.54, 1.807) is 0 Å². The van der Waals surface area contributed by atoms with E-state index < -0.39 is 7.60 Å². The number of hydrogen-bond donors (Lipinski definition) is 0. The van der Waals surface area contributed by atoms with E-state index in [9.17, 15) is 4.57 Å². The Morgan fingerprint density at radius 3 is 1.90 bits per heavy atom. The van der Waals surface area contributed by atoms with Gasteiger partial charge in [0.15, 0.2) is 5.85 Å². The second-order valence-corrected chi connectivity index (χ2v) is 4.46. The van der Waals surface area contributed by atoms with Gasteiger partial charge in [0, 0.05) is 14.2 Å². The van der Waals surface area contributed by atoms with E-state index in [4.69, 9.17) is 4.74 Å². The molecule has 1 saturated heterocycles. The van der Waals surface area contributed by atoms with E-state index in [0.717, 1.165) is 0 Å². The second-order valence-electron chi connectivity index (χ2n) is 2.14. The Hall–Kier alpha value is 0.110. The van der Waals surface area contributed by atoms with Crippen LogP contribution in [0.15, 0.2) is 0 Å². The Morgan fingerprint density at radius 2 is 1.80 bits per heavy atom. The molecule has 0 radical (unpaired) electrons. The van der Waals surface area contributed by atoms with Crippen LogP contribution < -0.4 is 0 Å². The molecule has 60 valence electrons. The molecule has 0 aromatic rings. The summed E-state index contributed by atoms with van der Waals surface area (Å²) in [5, 5.41) is 0. The van der Waals surface area contributed by atoms with Gasteiger partial charge in [0.25, 0.3) is 0 Å². The average molecular weight is 166 g/mol. The van der Waals surface area contributed by atoms with Crippen molar-refractivity contribution in [3.8, 4) is 0 Å². The lowest BCUT2D eigenvalue weighted by Gasteiger charge is -2.09. The molecule has 0 spiro atoms. The largest absolute Gasteiger partial charge is 0.361 e. The van der Waals surface area contributed by atoms with Gasteiger partial charge in [0.05, 0.1) is 6.10 Å². The Morgan fingerprint density at radius 1 is 1.40 bits per heavy atom. The van der Waals surface area contributed by atoms with Gasteiger partial charge >= 0.3 is 7.60 Å². The van der Waals surface area contributed by atoms with E-state index in [1.165, 1.54) is 14.2 Å². The lowest BCUT2D eigenvalue weighted by Crippen LogP contribution is -1.97. The smallest absolute Gasteiger partial charge is 0.356 e. The monoisotopic (exact) mass is 166 g/mol. The van der Waals surface area contributed by atoms with Crippen LogP contribution in [0.2, 0.25) is 0 Å². The Bertz CT molecular complexity index is 161. The fraction of sp³-hybridized carbons (Fsp3) is 1.00. The van der Waals surface area contributed by atoms with Crippen molar-refractivity contribution in [3.63, 3.8) is 0 Å². The summed E-state index contributed by atoms with van der Waals surface area (Å²) in [6, 6.07) is 0. The van der Waals surface area contributed by atoms with Crippen LogP contribution in [0.3, 0.4) is 0 Å².